The number of halogens is 2. The molecule has 3 rings (SSSR count). The van der Waals surface area contributed by atoms with E-state index in [9.17, 15) is 14.4 Å². The van der Waals surface area contributed by atoms with Crippen LogP contribution < -0.4 is 10.3 Å². The van der Waals surface area contributed by atoms with Gasteiger partial charge in [-0.1, -0.05) is 50.4 Å². The third-order valence-corrected chi connectivity index (χ3v) is 6.01. The van der Waals surface area contributed by atoms with Gasteiger partial charge in [0.25, 0.3) is 11.5 Å². The van der Waals surface area contributed by atoms with Crippen LogP contribution in [0.25, 0.3) is 5.69 Å². The summed E-state index contributed by atoms with van der Waals surface area (Å²) in [5.74, 6) is -0.355. The van der Waals surface area contributed by atoms with Crippen molar-refractivity contribution in [3.63, 3.8) is 0 Å². The van der Waals surface area contributed by atoms with Crippen LogP contribution in [0, 0.1) is 0 Å². The lowest BCUT2D eigenvalue weighted by Gasteiger charge is -2.22. The van der Waals surface area contributed by atoms with E-state index in [1.807, 2.05) is 20.8 Å². The summed E-state index contributed by atoms with van der Waals surface area (Å²) in [6.45, 7) is 5.75. The van der Waals surface area contributed by atoms with Gasteiger partial charge in [0.1, 0.15) is 11.3 Å². The van der Waals surface area contributed by atoms with Crippen molar-refractivity contribution < 1.29 is 14.3 Å². The smallest absolute Gasteiger partial charge is 0.282 e. The molecule has 0 fully saturated rings. The van der Waals surface area contributed by atoms with Crippen LogP contribution in [-0.2, 0) is 4.79 Å². The Balaban J connectivity index is 1.83. The van der Waals surface area contributed by atoms with Gasteiger partial charge in [-0.05, 0) is 60.9 Å². The van der Waals surface area contributed by atoms with Gasteiger partial charge in [0.05, 0.1) is 17.9 Å². The molecule has 0 bridgehead atoms. The molecule has 1 N–H and O–H groups in total. The molecule has 0 spiro atoms. The van der Waals surface area contributed by atoms with Crippen molar-refractivity contribution in [1.29, 1.82) is 0 Å². The first-order chi connectivity index (χ1) is 16.7. The molecule has 0 aliphatic heterocycles. The van der Waals surface area contributed by atoms with Crippen LogP contribution in [0.1, 0.15) is 55.6 Å². The number of amides is 1. The van der Waals surface area contributed by atoms with Gasteiger partial charge in [0.2, 0.25) is 0 Å². The maximum absolute atomic E-state index is 13.4. The highest BCUT2D eigenvalue weighted by molar-refractivity contribution is 6.30. The topological polar surface area (TPSA) is 84.4 Å². The van der Waals surface area contributed by atoms with Gasteiger partial charge in [-0.25, -0.2) is 4.68 Å². The zero-order valence-corrected chi connectivity index (χ0v) is 21.5. The fraction of sp³-hybridized carbons (Fsp3) is 0.346. The molecule has 0 aliphatic rings. The van der Waals surface area contributed by atoms with Gasteiger partial charge in [0.15, 0.2) is 12.4 Å². The minimum atomic E-state index is -0.457. The molecule has 3 aromatic rings. The number of nitrogens with one attached hydrogen (secondary N) is 1. The summed E-state index contributed by atoms with van der Waals surface area (Å²) >= 11 is 11.9. The number of Topliss-reactive ketones (excluding diaryl/α,β-unsaturated/α-hetero) is 1. The molecule has 2 aromatic carbocycles. The van der Waals surface area contributed by atoms with E-state index in [2.05, 4.69) is 5.10 Å². The Labute approximate surface area is 214 Å². The number of rotatable bonds is 11. The highest BCUT2D eigenvalue weighted by Gasteiger charge is 2.26. The molecule has 0 unspecified atom stereocenters. The predicted octanol–water partition coefficient (Wildman–Crippen LogP) is 5.49. The van der Waals surface area contributed by atoms with Crippen molar-refractivity contribution in [3.05, 3.63) is 80.2 Å². The number of aromatic amines is 1. The van der Waals surface area contributed by atoms with Crippen molar-refractivity contribution >= 4 is 34.9 Å². The fourth-order valence-corrected chi connectivity index (χ4v) is 3.83. The number of ether oxygens (including phenoxy) is 1. The Morgan fingerprint density at radius 2 is 1.63 bits per heavy atom. The normalized spacial score (nSPS) is 11.0. The Morgan fingerprint density at radius 1 is 1.03 bits per heavy atom. The molecule has 9 heteroatoms. The lowest BCUT2D eigenvalue weighted by atomic mass is 10.0. The van der Waals surface area contributed by atoms with Gasteiger partial charge in [-0.3, -0.25) is 19.5 Å². The fourth-order valence-electron chi connectivity index (χ4n) is 3.57. The molecule has 7 nitrogen and oxygen atoms in total. The molecule has 0 radical (unpaired) electrons. The Kier molecular flexibility index (Phi) is 9.18. The van der Waals surface area contributed by atoms with E-state index in [-0.39, 0.29) is 30.5 Å². The van der Waals surface area contributed by atoms with E-state index >= 15 is 0 Å². The van der Waals surface area contributed by atoms with Crippen LogP contribution in [0.15, 0.2) is 53.3 Å². The Bertz CT molecular complexity index is 1210. The number of H-pyrrole nitrogens is 1. The average Bonchev–Trinajstić information content (AvgIpc) is 3.19. The molecule has 1 amide bonds. The molecule has 0 aliphatic carbocycles. The van der Waals surface area contributed by atoms with Crippen LogP contribution >= 0.6 is 23.2 Å². The van der Waals surface area contributed by atoms with Crippen LogP contribution in [0.2, 0.25) is 10.0 Å². The van der Waals surface area contributed by atoms with E-state index in [0.717, 1.165) is 12.8 Å². The van der Waals surface area contributed by atoms with Gasteiger partial charge in [-0.15, -0.1) is 0 Å². The van der Waals surface area contributed by atoms with Gasteiger partial charge >= 0.3 is 0 Å². The summed E-state index contributed by atoms with van der Waals surface area (Å²) in [6.07, 6.45) is 1.57. The molecule has 0 saturated heterocycles. The largest absolute Gasteiger partial charge is 0.484 e. The summed E-state index contributed by atoms with van der Waals surface area (Å²) in [6, 6.07) is 13.4. The highest BCUT2D eigenvalue weighted by atomic mass is 35.5. The molecule has 186 valence electrons. The summed E-state index contributed by atoms with van der Waals surface area (Å²) in [4.78, 5) is 41.0. The summed E-state index contributed by atoms with van der Waals surface area (Å²) in [5, 5.41) is 4.17. The second kappa shape index (κ2) is 12.1. The minimum Gasteiger partial charge on any atom is -0.484 e. The van der Waals surface area contributed by atoms with E-state index in [1.165, 1.54) is 9.58 Å². The maximum Gasteiger partial charge on any atom is 0.282 e. The predicted molar refractivity (Wildman–Crippen MR) is 138 cm³/mol. The van der Waals surface area contributed by atoms with Crippen LogP contribution in [0.4, 0.5) is 0 Å². The molecule has 0 atom stereocenters. The van der Waals surface area contributed by atoms with E-state index in [1.54, 1.807) is 48.5 Å². The second-order valence-electron chi connectivity index (χ2n) is 8.51. The van der Waals surface area contributed by atoms with Crippen LogP contribution in [0.5, 0.6) is 5.75 Å². The third-order valence-electron chi connectivity index (χ3n) is 5.50. The Morgan fingerprint density at radius 3 is 2.20 bits per heavy atom. The van der Waals surface area contributed by atoms with Crippen LogP contribution in [-0.4, -0.2) is 46.1 Å². The molecule has 0 saturated carbocycles. The van der Waals surface area contributed by atoms with Crippen molar-refractivity contribution in [2.75, 3.05) is 19.7 Å². The standard InChI is InChI=1S/C26H29Cl2N3O4/c1-4-5-14-30(23(33)16-35-21-12-8-19(28)9-13-21)15-22(32)24-25(17(2)3)29-31(26(24)34)20-10-6-18(27)7-11-20/h6-13,17,29H,4-5,14-16H2,1-3H3. The number of nitrogens with zero attached hydrogens (tertiary/aromatic N) is 2. The number of hydrogen-bond donors (Lipinski definition) is 1. The third kappa shape index (κ3) is 6.77. The number of ketones is 1. The first kappa shape index (κ1) is 26.6. The first-order valence-corrected chi connectivity index (χ1v) is 12.3. The van der Waals surface area contributed by atoms with Crippen molar-refractivity contribution in [1.82, 2.24) is 14.7 Å². The molecule has 1 heterocycles. The summed E-state index contributed by atoms with van der Waals surface area (Å²) in [5.41, 5.74) is 0.690. The first-order valence-electron chi connectivity index (χ1n) is 11.5. The van der Waals surface area contributed by atoms with E-state index in [0.29, 0.717) is 33.7 Å². The number of aromatic nitrogens is 2. The number of hydrogen-bond acceptors (Lipinski definition) is 4. The van der Waals surface area contributed by atoms with Gasteiger partial charge in [-0.2, -0.15) is 0 Å². The number of benzene rings is 2. The monoisotopic (exact) mass is 517 g/mol. The molecular formula is C26H29Cl2N3O4. The number of carbonyl (C=O) groups is 2. The maximum atomic E-state index is 13.4. The Hall–Kier alpha value is -3.03. The molecule has 35 heavy (non-hydrogen) atoms. The number of unbranched alkanes of at least 4 members (excludes halogenated alkanes) is 1. The van der Waals surface area contributed by atoms with Gasteiger partial charge < -0.3 is 9.64 Å². The lowest BCUT2D eigenvalue weighted by Crippen LogP contribution is -2.40. The zero-order chi connectivity index (χ0) is 25.5. The highest BCUT2D eigenvalue weighted by Crippen LogP contribution is 2.19. The SMILES string of the molecule is CCCCN(CC(=O)c1c(C(C)C)[nH]n(-c2ccc(Cl)cc2)c1=O)C(=O)COc1ccc(Cl)cc1. The molecule has 1 aromatic heterocycles. The van der Waals surface area contributed by atoms with E-state index in [4.69, 9.17) is 27.9 Å². The van der Waals surface area contributed by atoms with Crippen molar-refractivity contribution in [2.24, 2.45) is 0 Å². The van der Waals surface area contributed by atoms with Crippen molar-refractivity contribution in [2.45, 2.75) is 39.5 Å². The quantitative estimate of drug-likeness (QED) is 0.341. The molecular weight excluding hydrogens is 489 g/mol. The average molecular weight is 518 g/mol. The minimum absolute atomic E-state index is 0.0582. The second-order valence-corrected chi connectivity index (χ2v) is 9.38. The lowest BCUT2D eigenvalue weighted by molar-refractivity contribution is -0.133. The summed E-state index contributed by atoms with van der Waals surface area (Å²) in [7, 11) is 0. The van der Waals surface area contributed by atoms with Gasteiger partial charge in [0, 0.05) is 16.6 Å². The zero-order valence-electron chi connectivity index (χ0n) is 20.0. The van der Waals surface area contributed by atoms with Crippen LogP contribution in [0.3, 0.4) is 0 Å². The number of carbonyl (C=O) groups excluding carboxylic acids is 2. The van der Waals surface area contributed by atoms with E-state index < -0.39 is 11.3 Å². The summed E-state index contributed by atoms with van der Waals surface area (Å²) < 4.78 is 6.92. The van der Waals surface area contributed by atoms with Crippen molar-refractivity contribution in [3.8, 4) is 11.4 Å².